The predicted octanol–water partition coefficient (Wildman–Crippen LogP) is 3.88. The number of rotatable bonds is 5. The van der Waals surface area contributed by atoms with Crippen molar-refractivity contribution in [2.24, 2.45) is 11.0 Å². The van der Waals surface area contributed by atoms with Gasteiger partial charge in [0.15, 0.2) is 12.8 Å². The Morgan fingerprint density at radius 2 is 1.75 bits per heavy atom. The third-order valence-electron chi connectivity index (χ3n) is 6.56. The number of hydrazone groups is 1. The lowest BCUT2D eigenvalue weighted by Gasteiger charge is -2.30. The van der Waals surface area contributed by atoms with E-state index in [0.717, 1.165) is 11.3 Å². The first-order chi connectivity index (χ1) is 17.5. The number of cyclic esters (lactones) is 1. The number of esters is 1. The first kappa shape index (κ1) is 23.1. The van der Waals surface area contributed by atoms with Crippen molar-refractivity contribution in [3.05, 3.63) is 95.6 Å². The number of hydrogen-bond acceptors (Lipinski definition) is 7. The highest BCUT2D eigenvalue weighted by molar-refractivity contribution is 6.09. The molecular formula is C28H24N4O4. The van der Waals surface area contributed by atoms with E-state index in [2.05, 4.69) is 6.07 Å². The van der Waals surface area contributed by atoms with Crippen LogP contribution in [0.2, 0.25) is 0 Å². The SMILES string of the molecule is COc1ccc(N2N=C(c3ccc(C#N)cc3)[C@H](C)[C@@H]2C(=O)N2COC(=O)C2c2ccccc2)cc1. The van der Waals surface area contributed by atoms with Gasteiger partial charge in [-0.05, 0) is 47.5 Å². The summed E-state index contributed by atoms with van der Waals surface area (Å²) in [5.41, 5.74) is 3.50. The first-order valence-corrected chi connectivity index (χ1v) is 11.6. The van der Waals surface area contributed by atoms with E-state index in [4.69, 9.17) is 19.8 Å². The minimum Gasteiger partial charge on any atom is -0.497 e. The summed E-state index contributed by atoms with van der Waals surface area (Å²) in [7, 11) is 1.59. The molecule has 1 fully saturated rings. The molecule has 36 heavy (non-hydrogen) atoms. The number of nitriles is 1. The summed E-state index contributed by atoms with van der Waals surface area (Å²) < 4.78 is 10.6. The largest absolute Gasteiger partial charge is 0.497 e. The molecule has 3 aromatic carbocycles. The summed E-state index contributed by atoms with van der Waals surface area (Å²) >= 11 is 0. The number of benzene rings is 3. The third-order valence-corrected chi connectivity index (χ3v) is 6.56. The number of ether oxygens (including phenoxy) is 2. The van der Waals surface area contributed by atoms with E-state index in [1.807, 2.05) is 73.7 Å². The molecule has 0 aromatic heterocycles. The molecule has 1 amide bonds. The monoisotopic (exact) mass is 480 g/mol. The van der Waals surface area contributed by atoms with Crippen LogP contribution in [0.4, 0.5) is 5.69 Å². The second-order valence-electron chi connectivity index (χ2n) is 8.66. The zero-order valence-electron chi connectivity index (χ0n) is 19.9. The van der Waals surface area contributed by atoms with Crippen LogP contribution in [0.25, 0.3) is 0 Å². The number of methoxy groups -OCH3 is 1. The molecule has 0 radical (unpaired) electrons. The molecule has 2 aliphatic heterocycles. The van der Waals surface area contributed by atoms with E-state index in [-0.39, 0.29) is 18.6 Å². The molecule has 180 valence electrons. The molecule has 8 nitrogen and oxygen atoms in total. The van der Waals surface area contributed by atoms with Gasteiger partial charge in [-0.1, -0.05) is 49.4 Å². The average Bonchev–Trinajstić information content (AvgIpc) is 3.48. The smallest absolute Gasteiger partial charge is 0.335 e. The highest BCUT2D eigenvalue weighted by Crippen LogP contribution is 2.36. The standard InChI is InChI=1S/C28H24N4O4/c1-18-24(20-10-8-19(16-29)9-11-20)30-32(22-12-14-23(35-2)15-13-22)25(18)27(33)31-17-36-28(34)26(31)21-6-4-3-5-7-21/h3-15,18,25-26H,17H2,1-2H3/t18-,25+,26?/m0/s1. The molecule has 0 aliphatic carbocycles. The maximum atomic E-state index is 14.1. The molecule has 0 spiro atoms. The first-order valence-electron chi connectivity index (χ1n) is 11.6. The zero-order chi connectivity index (χ0) is 25.2. The molecule has 1 unspecified atom stereocenters. The van der Waals surface area contributed by atoms with Crippen molar-refractivity contribution < 1.29 is 19.1 Å². The van der Waals surface area contributed by atoms with Gasteiger partial charge in [0.05, 0.1) is 30.1 Å². The Bertz CT molecular complexity index is 1350. The van der Waals surface area contributed by atoms with Gasteiger partial charge in [-0.15, -0.1) is 0 Å². The number of hydrogen-bond donors (Lipinski definition) is 0. The van der Waals surface area contributed by atoms with Gasteiger partial charge < -0.3 is 9.47 Å². The van der Waals surface area contributed by atoms with E-state index in [1.165, 1.54) is 4.90 Å². The molecule has 0 N–H and O–H groups in total. The fourth-order valence-corrected chi connectivity index (χ4v) is 4.66. The van der Waals surface area contributed by atoms with Crippen LogP contribution in [-0.4, -0.2) is 42.4 Å². The van der Waals surface area contributed by atoms with Crippen LogP contribution in [0.3, 0.4) is 0 Å². The van der Waals surface area contributed by atoms with Crippen molar-refractivity contribution in [2.75, 3.05) is 18.8 Å². The molecular weight excluding hydrogens is 456 g/mol. The van der Waals surface area contributed by atoms with E-state index < -0.39 is 18.1 Å². The van der Waals surface area contributed by atoms with Crippen LogP contribution in [0.15, 0.2) is 84.0 Å². The summed E-state index contributed by atoms with van der Waals surface area (Å²) in [5, 5.41) is 15.7. The average molecular weight is 481 g/mol. The summed E-state index contributed by atoms with van der Waals surface area (Å²) in [6.07, 6.45) is 0. The lowest BCUT2D eigenvalue weighted by atomic mass is 9.91. The second-order valence-corrected chi connectivity index (χ2v) is 8.66. The van der Waals surface area contributed by atoms with E-state index >= 15 is 0 Å². The maximum Gasteiger partial charge on any atom is 0.335 e. The molecule has 3 atom stereocenters. The Labute approximate surface area is 209 Å². The molecule has 8 heteroatoms. The fraction of sp³-hybridized carbons (Fsp3) is 0.214. The minimum absolute atomic E-state index is 0.122. The summed E-state index contributed by atoms with van der Waals surface area (Å²) in [5.74, 6) is -0.331. The Morgan fingerprint density at radius 3 is 2.39 bits per heavy atom. The third kappa shape index (κ3) is 4.05. The van der Waals surface area contributed by atoms with Gasteiger partial charge in [-0.2, -0.15) is 10.4 Å². The van der Waals surface area contributed by atoms with Crippen LogP contribution in [-0.2, 0) is 14.3 Å². The molecule has 2 heterocycles. The van der Waals surface area contributed by atoms with Crippen LogP contribution >= 0.6 is 0 Å². The van der Waals surface area contributed by atoms with Crippen molar-refractivity contribution >= 4 is 23.3 Å². The number of anilines is 1. The van der Waals surface area contributed by atoms with E-state index in [9.17, 15) is 9.59 Å². The molecule has 1 saturated heterocycles. The molecule has 3 aromatic rings. The normalized spacial score (nSPS) is 21.1. The Kier molecular flexibility index (Phi) is 6.13. The van der Waals surface area contributed by atoms with Gasteiger partial charge in [-0.25, -0.2) is 4.79 Å². The van der Waals surface area contributed by atoms with E-state index in [1.54, 1.807) is 24.3 Å². The predicted molar refractivity (Wildman–Crippen MR) is 133 cm³/mol. The number of carbonyl (C=O) groups excluding carboxylic acids is 2. The van der Waals surface area contributed by atoms with Gasteiger partial charge in [0.2, 0.25) is 0 Å². The second kappa shape index (κ2) is 9.55. The lowest BCUT2D eigenvalue weighted by Crippen LogP contribution is -2.48. The highest BCUT2D eigenvalue weighted by Gasteiger charge is 2.48. The highest BCUT2D eigenvalue weighted by atomic mass is 16.6. The Hall–Kier alpha value is -4.64. The summed E-state index contributed by atoms with van der Waals surface area (Å²) in [4.78, 5) is 28.2. The fourth-order valence-electron chi connectivity index (χ4n) is 4.66. The minimum atomic E-state index is -0.817. The van der Waals surface area contributed by atoms with Gasteiger partial charge in [-0.3, -0.25) is 14.7 Å². The van der Waals surface area contributed by atoms with E-state index in [0.29, 0.717) is 22.6 Å². The van der Waals surface area contributed by atoms with Crippen LogP contribution in [0.5, 0.6) is 5.75 Å². The summed E-state index contributed by atoms with van der Waals surface area (Å²) in [6, 6.07) is 24.2. The Morgan fingerprint density at radius 1 is 1.06 bits per heavy atom. The molecule has 2 aliphatic rings. The van der Waals surface area contributed by atoms with Crippen molar-refractivity contribution in [2.45, 2.75) is 19.0 Å². The zero-order valence-corrected chi connectivity index (χ0v) is 19.9. The maximum absolute atomic E-state index is 14.1. The van der Waals surface area contributed by atoms with Gasteiger partial charge in [0.1, 0.15) is 11.8 Å². The van der Waals surface area contributed by atoms with Crippen molar-refractivity contribution in [1.82, 2.24) is 4.90 Å². The number of carbonyl (C=O) groups is 2. The van der Waals surface area contributed by atoms with Crippen LogP contribution < -0.4 is 9.75 Å². The van der Waals surface area contributed by atoms with Crippen LogP contribution in [0, 0.1) is 17.2 Å². The van der Waals surface area contributed by atoms with Crippen molar-refractivity contribution in [1.29, 1.82) is 5.26 Å². The van der Waals surface area contributed by atoms with Crippen molar-refractivity contribution in [3.8, 4) is 11.8 Å². The Balaban J connectivity index is 1.53. The van der Waals surface area contributed by atoms with Gasteiger partial charge >= 0.3 is 5.97 Å². The number of amides is 1. The lowest BCUT2D eigenvalue weighted by molar-refractivity contribution is -0.139. The molecule has 0 saturated carbocycles. The number of nitrogens with zero attached hydrogens (tertiary/aromatic N) is 4. The van der Waals surface area contributed by atoms with Gasteiger partial charge in [0, 0.05) is 5.92 Å². The topological polar surface area (TPSA) is 95.2 Å². The quantitative estimate of drug-likeness (QED) is 0.515. The molecule has 0 bridgehead atoms. The van der Waals surface area contributed by atoms with Crippen LogP contribution in [0.1, 0.15) is 29.7 Å². The van der Waals surface area contributed by atoms with Gasteiger partial charge in [0.25, 0.3) is 5.91 Å². The molecule has 5 rings (SSSR count). The van der Waals surface area contributed by atoms with Crippen molar-refractivity contribution in [3.63, 3.8) is 0 Å². The summed E-state index contributed by atoms with van der Waals surface area (Å²) in [6.45, 7) is 1.82.